The number of ether oxygens (including phenoxy) is 3. The van der Waals surface area contributed by atoms with Crippen molar-refractivity contribution in [2.45, 2.75) is 57.0 Å². The zero-order valence-electron chi connectivity index (χ0n) is 26.3. The highest BCUT2D eigenvalue weighted by molar-refractivity contribution is 7.90. The molecule has 10 nitrogen and oxygen atoms in total. The first-order valence-corrected chi connectivity index (χ1v) is 16.8. The van der Waals surface area contributed by atoms with Gasteiger partial charge in [-0.3, -0.25) is 4.79 Å². The molecule has 6 rings (SSSR count). The van der Waals surface area contributed by atoms with Gasteiger partial charge in [-0.1, -0.05) is 48.5 Å². The van der Waals surface area contributed by atoms with Crippen molar-refractivity contribution >= 4 is 38.4 Å². The fraction of sp³-hybridized carbons (Fsp3) is 0.314. The van der Waals surface area contributed by atoms with Crippen molar-refractivity contribution in [2.75, 3.05) is 25.2 Å². The van der Waals surface area contributed by atoms with Crippen molar-refractivity contribution in [3.8, 4) is 17.2 Å². The monoisotopic (exact) mass is 643 g/mol. The number of methoxy groups -OCH3 is 1. The van der Waals surface area contributed by atoms with Crippen LogP contribution in [0.15, 0.2) is 71.6 Å². The minimum absolute atomic E-state index is 0.114. The number of nitrogens with zero attached hydrogens (tertiary/aromatic N) is 1. The number of anilines is 1. The summed E-state index contributed by atoms with van der Waals surface area (Å²) in [5, 5.41) is 4.63. The van der Waals surface area contributed by atoms with Gasteiger partial charge >= 0.3 is 6.03 Å². The Balaban J connectivity index is 1.21. The highest BCUT2D eigenvalue weighted by atomic mass is 32.2. The lowest BCUT2D eigenvalue weighted by Gasteiger charge is -2.22. The minimum Gasteiger partial charge on any atom is -0.495 e. The van der Waals surface area contributed by atoms with Gasteiger partial charge in [-0.2, -0.15) is 0 Å². The average Bonchev–Trinajstić information content (AvgIpc) is 3.69. The summed E-state index contributed by atoms with van der Waals surface area (Å²) in [7, 11) is -2.77. The molecule has 0 saturated heterocycles. The lowest BCUT2D eigenvalue weighted by Crippen LogP contribution is -2.46. The van der Waals surface area contributed by atoms with Gasteiger partial charge in [0.15, 0.2) is 0 Å². The van der Waals surface area contributed by atoms with Crippen LogP contribution in [0.5, 0.6) is 17.2 Å². The molecule has 1 saturated carbocycles. The van der Waals surface area contributed by atoms with E-state index in [0.717, 1.165) is 33.2 Å². The predicted octanol–water partition coefficient (Wildman–Crippen LogP) is 5.88. The average molecular weight is 644 g/mol. The maximum atomic E-state index is 14.0. The molecule has 1 aliphatic heterocycles. The molecule has 11 heteroatoms. The van der Waals surface area contributed by atoms with Crippen molar-refractivity contribution in [3.63, 3.8) is 0 Å². The lowest BCUT2D eigenvalue weighted by molar-refractivity contribution is 0.0993. The van der Waals surface area contributed by atoms with Gasteiger partial charge in [0, 0.05) is 27.6 Å². The minimum atomic E-state index is -4.14. The Kier molecular flexibility index (Phi) is 8.28. The number of hydrogen-bond donors (Lipinski definition) is 2. The first kappa shape index (κ1) is 31.2. The second-order valence-corrected chi connectivity index (χ2v) is 13.3. The van der Waals surface area contributed by atoms with Gasteiger partial charge in [-0.25, -0.2) is 17.9 Å². The number of rotatable bonds is 11. The van der Waals surface area contributed by atoms with E-state index >= 15 is 0 Å². The Bertz CT molecular complexity index is 1950. The third-order valence-electron chi connectivity index (χ3n) is 8.48. The third-order valence-corrected chi connectivity index (χ3v) is 9.85. The normalized spacial score (nSPS) is 15.0. The van der Waals surface area contributed by atoms with Crippen LogP contribution in [0.3, 0.4) is 0 Å². The van der Waals surface area contributed by atoms with Crippen LogP contribution in [-0.4, -0.2) is 46.2 Å². The van der Waals surface area contributed by atoms with Gasteiger partial charge in [-0.15, -0.1) is 0 Å². The van der Waals surface area contributed by atoms with Crippen molar-refractivity contribution < 1.29 is 32.2 Å². The topological polar surface area (TPSA) is 123 Å². The van der Waals surface area contributed by atoms with Gasteiger partial charge in [-0.05, 0) is 69.4 Å². The molecular weight excluding hydrogens is 606 g/mol. The van der Waals surface area contributed by atoms with E-state index in [1.807, 2.05) is 63.2 Å². The van der Waals surface area contributed by atoms with E-state index in [4.69, 9.17) is 14.2 Å². The second kappa shape index (κ2) is 12.2. The van der Waals surface area contributed by atoms with Crippen LogP contribution >= 0.6 is 0 Å². The molecule has 0 unspecified atom stereocenters. The molecule has 0 radical (unpaired) electrons. The van der Waals surface area contributed by atoms with Crippen LogP contribution in [0, 0.1) is 6.92 Å². The SMILES string of the molecule is CCOc1c2c(c(OCC)c3ccccc13)C(=O)N(c1ccc(CC3(NC(=O)NS(=O)(=O)c4ccccc4OC)CC3)cc1C)C2. The Morgan fingerprint density at radius 2 is 1.59 bits per heavy atom. The number of carbonyl (C=O) groups is 2. The second-order valence-electron chi connectivity index (χ2n) is 11.6. The molecule has 0 aromatic heterocycles. The summed E-state index contributed by atoms with van der Waals surface area (Å²) < 4.78 is 45.2. The van der Waals surface area contributed by atoms with E-state index in [2.05, 4.69) is 10.0 Å². The quantitative estimate of drug-likeness (QED) is 0.209. The van der Waals surface area contributed by atoms with E-state index in [1.165, 1.54) is 19.2 Å². The Labute approximate surface area is 268 Å². The van der Waals surface area contributed by atoms with Gasteiger partial charge in [0.2, 0.25) is 0 Å². The summed E-state index contributed by atoms with van der Waals surface area (Å²) in [6, 6.07) is 19.1. The number of carbonyl (C=O) groups excluding carboxylic acids is 2. The summed E-state index contributed by atoms with van der Waals surface area (Å²) in [6.45, 7) is 7.03. The molecule has 1 fully saturated rings. The molecular formula is C35H37N3O7S. The van der Waals surface area contributed by atoms with Gasteiger partial charge < -0.3 is 24.4 Å². The maximum absolute atomic E-state index is 14.0. The molecule has 4 aromatic rings. The number of nitrogens with one attached hydrogen (secondary N) is 2. The molecule has 0 bridgehead atoms. The number of fused-ring (bicyclic) bond motifs is 2. The van der Waals surface area contributed by atoms with E-state index < -0.39 is 21.6 Å². The molecule has 3 amide bonds. The van der Waals surface area contributed by atoms with Gasteiger partial charge in [0.1, 0.15) is 22.1 Å². The number of sulfonamides is 1. The number of aryl methyl sites for hydroxylation is 1. The molecule has 46 heavy (non-hydrogen) atoms. The highest BCUT2D eigenvalue weighted by Crippen LogP contribution is 2.47. The summed E-state index contributed by atoms with van der Waals surface area (Å²) in [4.78, 5) is 28.5. The zero-order valence-corrected chi connectivity index (χ0v) is 27.1. The summed E-state index contributed by atoms with van der Waals surface area (Å²) >= 11 is 0. The van der Waals surface area contributed by atoms with Crippen molar-refractivity contribution in [3.05, 3.63) is 89.0 Å². The van der Waals surface area contributed by atoms with Crippen LogP contribution in [0.2, 0.25) is 0 Å². The van der Waals surface area contributed by atoms with Crippen LogP contribution in [-0.2, 0) is 23.0 Å². The summed E-state index contributed by atoms with van der Waals surface area (Å²) in [5.41, 5.74) is 3.42. The van der Waals surface area contributed by atoms with Crippen molar-refractivity contribution in [1.29, 1.82) is 0 Å². The van der Waals surface area contributed by atoms with Crippen LogP contribution < -0.4 is 29.1 Å². The molecule has 1 heterocycles. The molecule has 0 atom stereocenters. The molecule has 2 aliphatic rings. The molecule has 2 N–H and O–H groups in total. The first-order valence-electron chi connectivity index (χ1n) is 15.3. The van der Waals surface area contributed by atoms with Gasteiger partial charge in [0.25, 0.3) is 15.9 Å². The number of benzene rings is 4. The number of urea groups is 1. The van der Waals surface area contributed by atoms with Crippen LogP contribution in [0.25, 0.3) is 10.8 Å². The standard InChI is InChI=1S/C35H37N3O7S/c1-5-44-31-24-11-7-8-12-25(24)32(45-6-2)30-26(31)21-38(33(30)39)27-16-15-23(19-22(27)3)20-35(17-18-35)36-34(40)37-46(41,42)29-14-10-9-13-28(29)43-4/h7-16,19H,5-6,17-18,20-21H2,1-4H3,(H2,36,37,40). The zero-order chi connectivity index (χ0) is 32.6. The number of amides is 3. The largest absolute Gasteiger partial charge is 0.495 e. The fourth-order valence-corrected chi connectivity index (χ4v) is 7.35. The molecule has 1 aliphatic carbocycles. The molecule has 4 aromatic carbocycles. The first-order chi connectivity index (χ1) is 22.1. The summed E-state index contributed by atoms with van der Waals surface area (Å²) in [5.74, 6) is 1.28. The van der Waals surface area contributed by atoms with E-state index in [0.29, 0.717) is 56.1 Å². The highest BCUT2D eigenvalue weighted by Gasteiger charge is 2.45. The third kappa shape index (κ3) is 5.71. The molecule has 0 spiro atoms. The van der Waals surface area contributed by atoms with Crippen molar-refractivity contribution in [1.82, 2.24) is 10.0 Å². The summed E-state index contributed by atoms with van der Waals surface area (Å²) in [6.07, 6.45) is 1.94. The predicted molar refractivity (Wildman–Crippen MR) is 175 cm³/mol. The Morgan fingerprint density at radius 3 is 2.24 bits per heavy atom. The van der Waals surface area contributed by atoms with E-state index in [1.54, 1.807) is 17.0 Å². The van der Waals surface area contributed by atoms with Crippen LogP contribution in [0.4, 0.5) is 10.5 Å². The van der Waals surface area contributed by atoms with E-state index in [-0.39, 0.29) is 16.6 Å². The molecule has 240 valence electrons. The maximum Gasteiger partial charge on any atom is 0.329 e. The Morgan fingerprint density at radius 1 is 0.935 bits per heavy atom. The number of hydrogen-bond acceptors (Lipinski definition) is 7. The fourth-order valence-electron chi connectivity index (χ4n) is 6.27. The van der Waals surface area contributed by atoms with E-state index in [9.17, 15) is 18.0 Å². The lowest BCUT2D eigenvalue weighted by atomic mass is 9.99. The Hall–Kier alpha value is -4.77. The van der Waals surface area contributed by atoms with Crippen LogP contribution in [0.1, 0.15) is 53.7 Å². The number of para-hydroxylation sites is 1. The smallest absolute Gasteiger partial charge is 0.329 e. The van der Waals surface area contributed by atoms with Crippen molar-refractivity contribution in [2.24, 2.45) is 0 Å². The van der Waals surface area contributed by atoms with Gasteiger partial charge in [0.05, 0.1) is 32.4 Å².